The predicted octanol–water partition coefficient (Wildman–Crippen LogP) is 3.29. The van der Waals surface area contributed by atoms with Gasteiger partial charge in [0.2, 0.25) is 0 Å². The van der Waals surface area contributed by atoms with Gasteiger partial charge in [-0.3, -0.25) is 16.3 Å². The van der Waals surface area contributed by atoms with Crippen molar-refractivity contribution in [3.63, 3.8) is 0 Å². The number of rotatable bonds is 4. The lowest BCUT2D eigenvalue weighted by Gasteiger charge is -2.18. The van der Waals surface area contributed by atoms with Crippen LogP contribution in [0.5, 0.6) is 0 Å². The second-order valence-electron chi connectivity index (χ2n) is 5.36. The highest BCUT2D eigenvalue weighted by molar-refractivity contribution is 5.85. The Morgan fingerprint density at radius 1 is 1.05 bits per heavy atom. The summed E-state index contributed by atoms with van der Waals surface area (Å²) in [7, 11) is 0. The van der Waals surface area contributed by atoms with Gasteiger partial charge in [0.25, 0.3) is 0 Å². The first-order valence-electron chi connectivity index (χ1n) is 7.12. The molecule has 3 nitrogen and oxygen atoms in total. The third-order valence-electron chi connectivity index (χ3n) is 3.84. The first-order valence-corrected chi connectivity index (χ1v) is 7.12. The van der Waals surface area contributed by atoms with Crippen molar-refractivity contribution in [3.05, 3.63) is 77.6 Å². The second-order valence-corrected chi connectivity index (χ2v) is 5.36. The smallest absolute Gasteiger partial charge is 0.0521 e. The van der Waals surface area contributed by atoms with Gasteiger partial charge >= 0.3 is 0 Å². The Labute approximate surface area is 124 Å². The maximum Gasteiger partial charge on any atom is 0.0521 e. The van der Waals surface area contributed by atoms with Crippen LogP contribution in [0.15, 0.2) is 60.9 Å². The zero-order valence-corrected chi connectivity index (χ0v) is 12.1. The quantitative estimate of drug-likeness (QED) is 0.568. The number of aryl methyl sites for hydroxylation is 1. The number of pyridine rings is 1. The molecule has 106 valence electrons. The zero-order valence-electron chi connectivity index (χ0n) is 12.1. The third kappa shape index (κ3) is 2.94. The van der Waals surface area contributed by atoms with Gasteiger partial charge < -0.3 is 0 Å². The van der Waals surface area contributed by atoms with Crippen LogP contribution in [-0.4, -0.2) is 4.98 Å². The van der Waals surface area contributed by atoms with Crippen molar-refractivity contribution in [2.24, 2.45) is 5.84 Å². The molecule has 3 rings (SSSR count). The van der Waals surface area contributed by atoms with Crippen molar-refractivity contribution < 1.29 is 0 Å². The lowest BCUT2D eigenvalue weighted by molar-refractivity contribution is 0.554. The van der Waals surface area contributed by atoms with E-state index in [1.54, 1.807) is 0 Å². The summed E-state index contributed by atoms with van der Waals surface area (Å²) in [4.78, 5) is 4.34. The number of aromatic nitrogens is 1. The van der Waals surface area contributed by atoms with Crippen molar-refractivity contribution in [2.45, 2.75) is 19.4 Å². The number of hydrogen-bond donors (Lipinski definition) is 2. The predicted molar refractivity (Wildman–Crippen MR) is 86.7 cm³/mol. The Morgan fingerprint density at radius 3 is 2.57 bits per heavy atom. The Morgan fingerprint density at radius 2 is 1.81 bits per heavy atom. The van der Waals surface area contributed by atoms with E-state index in [2.05, 4.69) is 53.7 Å². The highest BCUT2D eigenvalue weighted by atomic mass is 15.2. The highest BCUT2D eigenvalue weighted by Crippen LogP contribution is 2.25. The van der Waals surface area contributed by atoms with E-state index < -0.39 is 0 Å². The van der Waals surface area contributed by atoms with Crippen molar-refractivity contribution in [1.82, 2.24) is 10.4 Å². The molecule has 1 atom stereocenters. The molecule has 0 amide bonds. The molecule has 0 saturated heterocycles. The van der Waals surface area contributed by atoms with Crippen molar-refractivity contribution in [3.8, 4) is 0 Å². The van der Waals surface area contributed by atoms with Gasteiger partial charge in [-0.05, 0) is 29.9 Å². The minimum absolute atomic E-state index is 0.0475. The molecule has 0 bridgehead atoms. The van der Waals surface area contributed by atoms with Gasteiger partial charge in [-0.15, -0.1) is 0 Å². The van der Waals surface area contributed by atoms with E-state index in [-0.39, 0.29) is 6.04 Å². The van der Waals surface area contributed by atoms with E-state index in [0.717, 1.165) is 17.4 Å². The average molecular weight is 277 g/mol. The Bertz CT molecular complexity index is 730. The minimum Gasteiger partial charge on any atom is -0.271 e. The zero-order chi connectivity index (χ0) is 14.7. The molecule has 2 aromatic carbocycles. The molecule has 1 heterocycles. The van der Waals surface area contributed by atoms with Crippen LogP contribution >= 0.6 is 0 Å². The van der Waals surface area contributed by atoms with E-state index in [1.165, 1.54) is 16.5 Å². The lowest BCUT2D eigenvalue weighted by atomic mass is 9.96. The van der Waals surface area contributed by atoms with Crippen LogP contribution in [0.1, 0.15) is 22.7 Å². The Kier molecular flexibility index (Phi) is 3.95. The molecular formula is C18H19N3. The summed E-state index contributed by atoms with van der Waals surface area (Å²) in [6, 6.07) is 16.9. The summed E-state index contributed by atoms with van der Waals surface area (Å²) in [5.74, 6) is 5.80. The van der Waals surface area contributed by atoms with Gasteiger partial charge in [0.15, 0.2) is 0 Å². The van der Waals surface area contributed by atoms with Crippen LogP contribution in [0.2, 0.25) is 0 Å². The van der Waals surface area contributed by atoms with Crippen LogP contribution in [0.3, 0.4) is 0 Å². The number of benzene rings is 2. The van der Waals surface area contributed by atoms with Crippen LogP contribution in [0.4, 0.5) is 0 Å². The number of nitrogens with two attached hydrogens (primary N) is 1. The standard InChI is InChI=1S/C18H19N3/c1-13-6-8-14(9-7-13)10-18(21-19)17-12-20-11-15-4-2-3-5-16(15)17/h2-9,11-12,18,21H,10,19H2,1H3. The van der Waals surface area contributed by atoms with Crippen LogP contribution in [0.25, 0.3) is 10.8 Å². The average Bonchev–Trinajstić information content (AvgIpc) is 2.54. The fourth-order valence-corrected chi connectivity index (χ4v) is 2.64. The number of hydrogen-bond acceptors (Lipinski definition) is 3. The lowest BCUT2D eigenvalue weighted by Crippen LogP contribution is -2.29. The molecule has 0 spiro atoms. The first kappa shape index (κ1) is 13.7. The molecule has 0 aliphatic rings. The molecule has 0 fully saturated rings. The van der Waals surface area contributed by atoms with Crippen molar-refractivity contribution >= 4 is 10.8 Å². The molecule has 3 N–H and O–H groups in total. The van der Waals surface area contributed by atoms with Gasteiger partial charge in [0.05, 0.1) is 6.04 Å². The fraction of sp³-hybridized carbons (Fsp3) is 0.167. The SMILES string of the molecule is Cc1ccc(CC(NN)c2cncc3ccccc23)cc1. The van der Waals surface area contributed by atoms with Gasteiger partial charge in [-0.25, -0.2) is 0 Å². The fourth-order valence-electron chi connectivity index (χ4n) is 2.64. The Hall–Kier alpha value is -2.23. The van der Waals surface area contributed by atoms with Crippen LogP contribution in [0, 0.1) is 6.92 Å². The van der Waals surface area contributed by atoms with Gasteiger partial charge in [-0.1, -0.05) is 54.1 Å². The maximum atomic E-state index is 5.80. The van der Waals surface area contributed by atoms with Gasteiger partial charge in [0, 0.05) is 17.8 Å². The normalized spacial score (nSPS) is 12.5. The minimum atomic E-state index is 0.0475. The molecule has 21 heavy (non-hydrogen) atoms. The topological polar surface area (TPSA) is 50.9 Å². The monoisotopic (exact) mass is 277 g/mol. The molecule has 3 aromatic rings. The molecule has 3 heteroatoms. The molecule has 0 radical (unpaired) electrons. The molecular weight excluding hydrogens is 258 g/mol. The molecule has 0 aliphatic heterocycles. The molecule has 1 aromatic heterocycles. The van der Waals surface area contributed by atoms with E-state index in [0.29, 0.717) is 0 Å². The first-order chi connectivity index (χ1) is 10.3. The maximum absolute atomic E-state index is 5.80. The summed E-state index contributed by atoms with van der Waals surface area (Å²) in [5.41, 5.74) is 6.60. The summed E-state index contributed by atoms with van der Waals surface area (Å²) in [6.07, 6.45) is 4.63. The summed E-state index contributed by atoms with van der Waals surface area (Å²) < 4.78 is 0. The van der Waals surface area contributed by atoms with E-state index in [1.807, 2.05) is 24.5 Å². The van der Waals surface area contributed by atoms with Crippen LogP contribution in [-0.2, 0) is 6.42 Å². The number of nitrogens with one attached hydrogen (secondary N) is 1. The third-order valence-corrected chi connectivity index (χ3v) is 3.84. The summed E-state index contributed by atoms with van der Waals surface area (Å²) >= 11 is 0. The highest BCUT2D eigenvalue weighted by Gasteiger charge is 2.14. The van der Waals surface area contributed by atoms with E-state index >= 15 is 0 Å². The molecule has 0 aliphatic carbocycles. The molecule has 0 saturated carbocycles. The summed E-state index contributed by atoms with van der Waals surface area (Å²) in [6.45, 7) is 2.09. The Balaban J connectivity index is 1.96. The van der Waals surface area contributed by atoms with Crippen molar-refractivity contribution in [2.75, 3.05) is 0 Å². The number of fused-ring (bicyclic) bond motifs is 1. The largest absolute Gasteiger partial charge is 0.271 e. The second kappa shape index (κ2) is 6.04. The number of nitrogens with zero attached hydrogens (tertiary/aromatic N) is 1. The number of hydrazine groups is 1. The van der Waals surface area contributed by atoms with E-state index in [9.17, 15) is 0 Å². The summed E-state index contributed by atoms with van der Waals surface area (Å²) in [5, 5.41) is 2.33. The van der Waals surface area contributed by atoms with Gasteiger partial charge in [0.1, 0.15) is 0 Å². The van der Waals surface area contributed by atoms with Gasteiger partial charge in [-0.2, -0.15) is 0 Å². The molecule has 1 unspecified atom stereocenters. The van der Waals surface area contributed by atoms with E-state index in [4.69, 9.17) is 5.84 Å². The van der Waals surface area contributed by atoms with Crippen LogP contribution < -0.4 is 11.3 Å². The van der Waals surface area contributed by atoms with Crippen molar-refractivity contribution in [1.29, 1.82) is 0 Å².